The average Bonchev–Trinajstić information content (AvgIpc) is 2.32. The van der Waals surface area contributed by atoms with Crippen molar-refractivity contribution in [2.75, 3.05) is 7.05 Å². The monoisotopic (exact) mass is 171 g/mol. The Labute approximate surface area is 73.4 Å². The minimum absolute atomic E-state index is 0.0394. The van der Waals surface area contributed by atoms with Gasteiger partial charge in [-0.15, -0.1) is 0 Å². The molecule has 1 N–H and O–H groups in total. The number of carbonyl (C=O) groups is 1. The maximum absolute atomic E-state index is 11.1. The molecular formula is C9H17NO2. The topological polar surface area (TPSA) is 40.5 Å². The Balaban J connectivity index is 2.59. The Hall–Kier alpha value is -0.570. The molecule has 2 atom stereocenters. The highest BCUT2D eigenvalue weighted by Gasteiger charge is 2.34. The van der Waals surface area contributed by atoms with Crippen molar-refractivity contribution in [2.24, 2.45) is 5.92 Å². The first-order chi connectivity index (χ1) is 5.54. The van der Waals surface area contributed by atoms with Gasteiger partial charge in [0.05, 0.1) is 12.1 Å². The highest BCUT2D eigenvalue weighted by Crippen LogP contribution is 2.22. The average molecular weight is 171 g/mol. The van der Waals surface area contributed by atoms with E-state index in [4.69, 9.17) is 0 Å². The molecule has 3 nitrogen and oxygen atoms in total. The highest BCUT2D eigenvalue weighted by molar-refractivity contribution is 5.78. The first kappa shape index (κ1) is 9.52. The van der Waals surface area contributed by atoms with Gasteiger partial charge in [-0.3, -0.25) is 4.79 Å². The zero-order valence-corrected chi connectivity index (χ0v) is 7.95. The number of hydrogen-bond acceptors (Lipinski definition) is 2. The highest BCUT2D eigenvalue weighted by atomic mass is 16.3. The van der Waals surface area contributed by atoms with Crippen molar-refractivity contribution >= 4 is 5.91 Å². The Morgan fingerprint density at radius 2 is 2.17 bits per heavy atom. The summed E-state index contributed by atoms with van der Waals surface area (Å²) in [5.41, 5.74) is 0. The summed E-state index contributed by atoms with van der Waals surface area (Å²) in [4.78, 5) is 12.8. The Morgan fingerprint density at radius 3 is 2.50 bits per heavy atom. The van der Waals surface area contributed by atoms with Crippen LogP contribution in [-0.4, -0.2) is 35.1 Å². The van der Waals surface area contributed by atoms with Gasteiger partial charge in [-0.1, -0.05) is 13.8 Å². The van der Waals surface area contributed by atoms with E-state index in [1.54, 1.807) is 11.9 Å². The zero-order valence-electron chi connectivity index (χ0n) is 7.95. The van der Waals surface area contributed by atoms with Gasteiger partial charge in [-0.2, -0.15) is 0 Å². The SMILES string of the molecule is CC(C)C(O)C1CCC(=O)N1C. The molecule has 3 heteroatoms. The smallest absolute Gasteiger partial charge is 0.222 e. The number of likely N-dealkylation sites (N-methyl/N-ethyl adjacent to an activating group) is 1. The van der Waals surface area contributed by atoms with E-state index >= 15 is 0 Å². The molecule has 1 rings (SSSR count). The molecule has 1 aliphatic heterocycles. The van der Waals surface area contributed by atoms with E-state index in [1.165, 1.54) is 0 Å². The minimum atomic E-state index is -0.374. The van der Waals surface area contributed by atoms with Crippen molar-refractivity contribution in [3.63, 3.8) is 0 Å². The molecule has 1 heterocycles. The number of aliphatic hydroxyl groups is 1. The van der Waals surface area contributed by atoms with Crippen LogP contribution in [0.2, 0.25) is 0 Å². The van der Waals surface area contributed by atoms with Crippen molar-refractivity contribution < 1.29 is 9.90 Å². The summed E-state index contributed by atoms with van der Waals surface area (Å²) in [6.07, 6.45) is 1.01. The van der Waals surface area contributed by atoms with Crippen LogP contribution in [0.4, 0.5) is 0 Å². The summed E-state index contributed by atoms with van der Waals surface area (Å²) < 4.78 is 0. The molecule has 0 spiro atoms. The van der Waals surface area contributed by atoms with E-state index in [-0.39, 0.29) is 24.0 Å². The largest absolute Gasteiger partial charge is 0.391 e. The molecule has 1 amide bonds. The Bertz CT molecular complexity index is 179. The second kappa shape index (κ2) is 3.44. The quantitative estimate of drug-likeness (QED) is 0.661. The zero-order chi connectivity index (χ0) is 9.30. The van der Waals surface area contributed by atoms with Gasteiger partial charge in [0.15, 0.2) is 0 Å². The van der Waals surface area contributed by atoms with Crippen molar-refractivity contribution in [3.05, 3.63) is 0 Å². The van der Waals surface area contributed by atoms with Crippen LogP contribution in [0.3, 0.4) is 0 Å². The maximum Gasteiger partial charge on any atom is 0.222 e. The normalized spacial score (nSPS) is 26.9. The van der Waals surface area contributed by atoms with Gasteiger partial charge in [0.2, 0.25) is 5.91 Å². The van der Waals surface area contributed by atoms with E-state index in [9.17, 15) is 9.90 Å². The number of aliphatic hydroxyl groups excluding tert-OH is 1. The van der Waals surface area contributed by atoms with Gasteiger partial charge >= 0.3 is 0 Å². The fraction of sp³-hybridized carbons (Fsp3) is 0.889. The van der Waals surface area contributed by atoms with E-state index in [0.29, 0.717) is 6.42 Å². The molecule has 12 heavy (non-hydrogen) atoms. The molecule has 1 fully saturated rings. The number of amides is 1. The third kappa shape index (κ3) is 1.61. The first-order valence-corrected chi connectivity index (χ1v) is 4.47. The van der Waals surface area contributed by atoms with Crippen LogP contribution in [-0.2, 0) is 4.79 Å². The van der Waals surface area contributed by atoms with Crippen LogP contribution in [0.1, 0.15) is 26.7 Å². The lowest BCUT2D eigenvalue weighted by Crippen LogP contribution is -2.40. The van der Waals surface area contributed by atoms with Gasteiger partial charge in [-0.25, -0.2) is 0 Å². The van der Waals surface area contributed by atoms with Gasteiger partial charge in [0.1, 0.15) is 0 Å². The molecule has 70 valence electrons. The van der Waals surface area contributed by atoms with Crippen LogP contribution in [0, 0.1) is 5.92 Å². The predicted octanol–water partition coefficient (Wildman–Crippen LogP) is 0.624. The van der Waals surface area contributed by atoms with Crippen LogP contribution in [0.25, 0.3) is 0 Å². The number of likely N-dealkylation sites (tertiary alicyclic amines) is 1. The molecule has 0 aromatic carbocycles. The lowest BCUT2D eigenvalue weighted by molar-refractivity contribution is -0.129. The molecule has 0 radical (unpaired) electrons. The second-order valence-corrected chi connectivity index (χ2v) is 3.85. The maximum atomic E-state index is 11.1. The number of carbonyl (C=O) groups excluding carboxylic acids is 1. The van der Waals surface area contributed by atoms with Gasteiger partial charge < -0.3 is 10.0 Å². The van der Waals surface area contributed by atoms with E-state index in [1.807, 2.05) is 13.8 Å². The van der Waals surface area contributed by atoms with Gasteiger partial charge in [-0.05, 0) is 12.3 Å². The fourth-order valence-corrected chi connectivity index (χ4v) is 1.67. The van der Waals surface area contributed by atoms with Crippen LogP contribution in [0.5, 0.6) is 0 Å². The molecule has 2 unspecified atom stereocenters. The van der Waals surface area contributed by atoms with E-state index in [2.05, 4.69) is 0 Å². The summed E-state index contributed by atoms with van der Waals surface area (Å²) in [6, 6.07) is 0.0394. The summed E-state index contributed by atoms with van der Waals surface area (Å²) in [6.45, 7) is 3.95. The standard InChI is InChI=1S/C9H17NO2/c1-6(2)9(12)7-4-5-8(11)10(7)3/h6-7,9,12H,4-5H2,1-3H3. The lowest BCUT2D eigenvalue weighted by Gasteiger charge is -2.27. The molecule has 0 saturated carbocycles. The molecule has 0 bridgehead atoms. The van der Waals surface area contributed by atoms with Crippen LogP contribution in [0.15, 0.2) is 0 Å². The predicted molar refractivity (Wildman–Crippen MR) is 46.6 cm³/mol. The molecular weight excluding hydrogens is 154 g/mol. The molecule has 0 aromatic rings. The molecule has 1 saturated heterocycles. The first-order valence-electron chi connectivity index (χ1n) is 4.47. The summed E-state index contributed by atoms with van der Waals surface area (Å²) in [7, 11) is 1.77. The third-order valence-electron chi connectivity index (χ3n) is 2.62. The van der Waals surface area contributed by atoms with Gasteiger partial charge in [0.25, 0.3) is 0 Å². The second-order valence-electron chi connectivity index (χ2n) is 3.85. The fourth-order valence-electron chi connectivity index (χ4n) is 1.67. The molecule has 0 aliphatic carbocycles. The summed E-state index contributed by atoms with van der Waals surface area (Å²) in [5.74, 6) is 0.378. The number of rotatable bonds is 2. The van der Waals surface area contributed by atoms with Crippen molar-refractivity contribution in [3.8, 4) is 0 Å². The van der Waals surface area contributed by atoms with Crippen LogP contribution >= 0.6 is 0 Å². The minimum Gasteiger partial charge on any atom is -0.391 e. The van der Waals surface area contributed by atoms with E-state index < -0.39 is 0 Å². The molecule has 1 aliphatic rings. The van der Waals surface area contributed by atoms with Crippen molar-refractivity contribution in [2.45, 2.75) is 38.8 Å². The number of hydrogen-bond donors (Lipinski definition) is 1. The third-order valence-corrected chi connectivity index (χ3v) is 2.62. The lowest BCUT2D eigenvalue weighted by atomic mass is 9.98. The Morgan fingerprint density at radius 1 is 1.58 bits per heavy atom. The Kier molecular flexibility index (Phi) is 2.73. The van der Waals surface area contributed by atoms with E-state index in [0.717, 1.165) is 6.42 Å². The summed E-state index contributed by atoms with van der Waals surface area (Å²) >= 11 is 0. The van der Waals surface area contributed by atoms with Crippen molar-refractivity contribution in [1.29, 1.82) is 0 Å². The summed E-state index contributed by atoms with van der Waals surface area (Å²) in [5, 5.41) is 9.72. The van der Waals surface area contributed by atoms with Crippen LogP contribution < -0.4 is 0 Å². The van der Waals surface area contributed by atoms with Gasteiger partial charge in [0, 0.05) is 13.5 Å². The number of nitrogens with zero attached hydrogens (tertiary/aromatic N) is 1. The molecule has 0 aromatic heterocycles. The van der Waals surface area contributed by atoms with Crippen molar-refractivity contribution in [1.82, 2.24) is 4.90 Å².